The minimum Gasteiger partial charge on any atom is -0.493 e. The average molecular weight is 434 g/mol. The zero-order chi connectivity index (χ0) is 21.7. The first-order chi connectivity index (χ1) is 13.6. The van der Waals surface area contributed by atoms with E-state index in [0.717, 1.165) is 18.3 Å². The van der Waals surface area contributed by atoms with Crippen LogP contribution in [0.3, 0.4) is 0 Å². The van der Waals surface area contributed by atoms with E-state index < -0.39 is 31.8 Å². The lowest BCUT2D eigenvalue weighted by atomic mass is 10.2. The highest BCUT2D eigenvalue weighted by atomic mass is 32.2. The van der Waals surface area contributed by atoms with Crippen molar-refractivity contribution in [3.8, 4) is 11.5 Å². The molecule has 0 bridgehead atoms. The van der Waals surface area contributed by atoms with E-state index in [-0.39, 0.29) is 24.7 Å². The summed E-state index contributed by atoms with van der Waals surface area (Å²) in [5, 5.41) is 0.947. The molecule has 0 unspecified atom stereocenters. The normalized spacial score (nSPS) is 11.8. The Balaban J connectivity index is 2.33. The average Bonchev–Trinajstić information content (AvgIpc) is 2.67. The fourth-order valence-electron chi connectivity index (χ4n) is 2.19. The summed E-state index contributed by atoms with van der Waals surface area (Å²) < 4.78 is 77.5. The van der Waals surface area contributed by atoms with E-state index in [0.29, 0.717) is 5.75 Å². The van der Waals surface area contributed by atoms with Gasteiger partial charge in [0.25, 0.3) is 15.7 Å². The van der Waals surface area contributed by atoms with Gasteiger partial charge in [-0.05, 0) is 24.3 Å². The molecule has 0 spiro atoms. The van der Waals surface area contributed by atoms with Crippen molar-refractivity contribution < 1.29 is 40.6 Å². The van der Waals surface area contributed by atoms with Crippen molar-refractivity contribution in [1.29, 1.82) is 0 Å². The first-order valence-electron chi connectivity index (χ1n) is 7.99. The molecular formula is C17H17F3N2O6S. The van der Waals surface area contributed by atoms with Crippen LogP contribution in [0.25, 0.3) is 0 Å². The molecule has 0 atom stereocenters. The molecule has 2 aromatic rings. The first kappa shape index (κ1) is 22.4. The Hall–Kier alpha value is -2.86. The number of carbonyl (C=O) groups excluding carboxylic acids is 1. The van der Waals surface area contributed by atoms with Gasteiger partial charge in [-0.1, -0.05) is 0 Å². The van der Waals surface area contributed by atoms with Crippen LogP contribution in [0.1, 0.15) is 10.4 Å². The van der Waals surface area contributed by atoms with Crippen molar-refractivity contribution in [2.75, 3.05) is 32.8 Å². The molecule has 1 aromatic carbocycles. The van der Waals surface area contributed by atoms with E-state index in [2.05, 4.69) is 10.3 Å². The molecule has 1 heterocycles. The number of halogens is 3. The van der Waals surface area contributed by atoms with Crippen molar-refractivity contribution in [3.05, 3.63) is 42.1 Å². The second kappa shape index (κ2) is 9.09. The summed E-state index contributed by atoms with van der Waals surface area (Å²) in [6.07, 6.45) is 0.852. The molecule has 2 rings (SSSR count). The van der Waals surface area contributed by atoms with Crippen molar-refractivity contribution >= 4 is 21.4 Å². The molecule has 0 aliphatic heterocycles. The van der Waals surface area contributed by atoms with Crippen molar-refractivity contribution in [1.82, 2.24) is 4.98 Å². The number of aromatic nitrogens is 1. The number of anilines is 1. The van der Waals surface area contributed by atoms with Gasteiger partial charge in [0.1, 0.15) is 6.61 Å². The summed E-state index contributed by atoms with van der Waals surface area (Å²) in [7, 11) is -2.92. The van der Waals surface area contributed by atoms with E-state index in [1.807, 2.05) is 0 Å². The molecule has 0 fully saturated rings. The number of benzene rings is 1. The van der Waals surface area contributed by atoms with Crippen LogP contribution in [0.2, 0.25) is 0 Å². The maximum absolute atomic E-state index is 12.9. The smallest absolute Gasteiger partial charge is 0.493 e. The highest BCUT2D eigenvalue weighted by molar-refractivity contribution is 7.92. The van der Waals surface area contributed by atoms with Gasteiger partial charge in [-0.15, -0.1) is 0 Å². The zero-order valence-corrected chi connectivity index (χ0v) is 16.1. The van der Waals surface area contributed by atoms with Gasteiger partial charge in [-0.2, -0.15) is 13.2 Å². The monoisotopic (exact) mass is 434 g/mol. The van der Waals surface area contributed by atoms with E-state index in [1.165, 1.54) is 32.4 Å². The quantitative estimate of drug-likeness (QED) is 0.637. The third-order valence-corrected chi connectivity index (χ3v) is 4.99. The summed E-state index contributed by atoms with van der Waals surface area (Å²) in [6.45, 7) is 0.467. The number of hydrogen-bond acceptors (Lipinski definition) is 7. The Morgan fingerprint density at radius 3 is 2.48 bits per heavy atom. The molecule has 1 amide bonds. The highest BCUT2D eigenvalue weighted by Crippen LogP contribution is 2.32. The number of rotatable bonds is 8. The van der Waals surface area contributed by atoms with E-state index in [9.17, 15) is 26.4 Å². The number of nitrogens with zero attached hydrogens (tertiary/aromatic N) is 1. The Morgan fingerprint density at radius 2 is 1.86 bits per heavy atom. The predicted octanol–water partition coefficient (Wildman–Crippen LogP) is 2.66. The highest BCUT2D eigenvalue weighted by Gasteiger charge is 2.49. The van der Waals surface area contributed by atoms with Gasteiger partial charge >= 0.3 is 5.51 Å². The van der Waals surface area contributed by atoms with Crippen LogP contribution in [0.15, 0.2) is 41.6 Å². The Bertz CT molecular complexity index is 979. The maximum Gasteiger partial charge on any atom is 0.503 e. The number of amides is 1. The van der Waals surface area contributed by atoms with Gasteiger partial charge in [0.2, 0.25) is 0 Å². The lowest BCUT2D eigenvalue weighted by molar-refractivity contribution is -0.0438. The molecule has 0 aliphatic rings. The number of carbonyl (C=O) groups is 1. The van der Waals surface area contributed by atoms with Crippen molar-refractivity contribution in [2.45, 2.75) is 10.5 Å². The van der Waals surface area contributed by atoms with Crippen LogP contribution in [-0.2, 0) is 14.6 Å². The number of hydrogen-bond donors (Lipinski definition) is 1. The Kier molecular flexibility index (Phi) is 7.03. The minimum atomic E-state index is -5.81. The molecule has 0 saturated heterocycles. The fourth-order valence-corrected chi connectivity index (χ4v) is 3.06. The van der Waals surface area contributed by atoms with E-state index in [1.54, 1.807) is 0 Å². The van der Waals surface area contributed by atoms with E-state index >= 15 is 0 Å². The Morgan fingerprint density at radius 1 is 1.14 bits per heavy atom. The summed E-state index contributed by atoms with van der Waals surface area (Å²) >= 11 is 0. The molecule has 12 heteroatoms. The van der Waals surface area contributed by atoms with Gasteiger partial charge < -0.3 is 19.5 Å². The summed E-state index contributed by atoms with van der Waals surface area (Å²) in [4.78, 5) is 15.7. The van der Waals surface area contributed by atoms with Gasteiger partial charge in [-0.3, -0.25) is 4.79 Å². The SMILES string of the molecule is COCCOc1cc(NC(=O)c2cccnc2S(=O)(=O)C(F)(F)F)ccc1OC. The molecule has 1 N–H and O–H groups in total. The zero-order valence-electron chi connectivity index (χ0n) is 15.3. The number of methoxy groups -OCH3 is 2. The van der Waals surface area contributed by atoms with Crippen LogP contribution in [-0.4, -0.2) is 52.3 Å². The molecule has 0 aliphatic carbocycles. The Labute approximate surface area is 164 Å². The molecule has 0 radical (unpaired) electrons. The molecule has 29 heavy (non-hydrogen) atoms. The second-order valence-electron chi connectivity index (χ2n) is 5.47. The van der Waals surface area contributed by atoms with Crippen LogP contribution >= 0.6 is 0 Å². The summed E-state index contributed by atoms with van der Waals surface area (Å²) in [5.74, 6) is -0.494. The van der Waals surface area contributed by atoms with Crippen LogP contribution in [0.4, 0.5) is 18.9 Å². The molecule has 0 saturated carbocycles. The third kappa shape index (κ3) is 5.15. The summed E-state index contributed by atoms with van der Waals surface area (Å²) in [5.41, 5.74) is -6.20. The second-order valence-corrected chi connectivity index (χ2v) is 7.32. The predicted molar refractivity (Wildman–Crippen MR) is 95.8 cm³/mol. The van der Waals surface area contributed by atoms with Crippen LogP contribution in [0.5, 0.6) is 11.5 Å². The summed E-state index contributed by atoms with van der Waals surface area (Å²) in [6, 6.07) is 6.33. The lowest BCUT2D eigenvalue weighted by Crippen LogP contribution is -2.27. The minimum absolute atomic E-state index is 0.141. The van der Waals surface area contributed by atoms with Crippen molar-refractivity contribution in [3.63, 3.8) is 0 Å². The first-order valence-corrected chi connectivity index (χ1v) is 9.47. The van der Waals surface area contributed by atoms with Crippen LogP contribution in [0, 0.1) is 0 Å². The maximum atomic E-state index is 12.9. The van der Waals surface area contributed by atoms with E-state index in [4.69, 9.17) is 14.2 Å². The standard InChI is InChI=1S/C17H17F3N2O6S/c1-26-8-9-28-14-10-11(5-6-13(14)27-2)22-15(23)12-4-3-7-21-16(12)29(24,25)17(18,19)20/h3-7,10H,8-9H2,1-2H3,(H,22,23). The number of sulfone groups is 1. The molecule has 158 valence electrons. The lowest BCUT2D eigenvalue weighted by Gasteiger charge is -2.14. The largest absolute Gasteiger partial charge is 0.503 e. The number of ether oxygens (including phenoxy) is 3. The van der Waals surface area contributed by atoms with Gasteiger partial charge in [-0.25, -0.2) is 13.4 Å². The topological polar surface area (TPSA) is 104 Å². The van der Waals surface area contributed by atoms with Gasteiger partial charge in [0, 0.05) is 25.1 Å². The van der Waals surface area contributed by atoms with Crippen LogP contribution < -0.4 is 14.8 Å². The molecular weight excluding hydrogens is 417 g/mol. The number of alkyl halides is 3. The van der Waals surface area contributed by atoms with Crippen molar-refractivity contribution in [2.24, 2.45) is 0 Å². The van der Waals surface area contributed by atoms with Gasteiger partial charge in [0.05, 0.1) is 19.3 Å². The fraction of sp³-hybridized carbons (Fsp3) is 0.294. The number of nitrogens with one attached hydrogen (secondary N) is 1. The third-order valence-electron chi connectivity index (χ3n) is 3.54. The molecule has 1 aromatic heterocycles. The number of pyridine rings is 1. The van der Waals surface area contributed by atoms with Gasteiger partial charge in [0.15, 0.2) is 16.5 Å². The molecule has 8 nitrogen and oxygen atoms in total.